The molecule has 0 saturated carbocycles. The Morgan fingerprint density at radius 2 is 1.92 bits per heavy atom. The van der Waals surface area contributed by atoms with Crippen molar-refractivity contribution < 1.29 is 9.32 Å². The molecule has 1 aromatic carbocycles. The number of hydrogen-bond acceptors (Lipinski definition) is 6. The summed E-state index contributed by atoms with van der Waals surface area (Å²) in [7, 11) is 0. The molecule has 0 aliphatic heterocycles. The van der Waals surface area contributed by atoms with E-state index >= 15 is 0 Å². The number of carbonyl (C=O) groups excluding carboxylic acids is 1. The van der Waals surface area contributed by atoms with Gasteiger partial charge in [0.05, 0.1) is 23.5 Å². The van der Waals surface area contributed by atoms with Crippen LogP contribution < -0.4 is 10.6 Å². The zero-order valence-corrected chi connectivity index (χ0v) is 12.8. The van der Waals surface area contributed by atoms with Crippen molar-refractivity contribution in [2.45, 2.75) is 6.92 Å². The number of benzene rings is 1. The van der Waals surface area contributed by atoms with Gasteiger partial charge < -0.3 is 15.2 Å². The molecule has 0 spiro atoms. The number of anilines is 3. The molecule has 118 valence electrons. The highest BCUT2D eigenvalue weighted by Gasteiger charge is 2.10. The number of carbonyl (C=O) groups is 1. The highest BCUT2D eigenvalue weighted by Crippen LogP contribution is 2.17. The van der Waals surface area contributed by atoms with Gasteiger partial charge in [0.1, 0.15) is 11.5 Å². The number of rotatable bonds is 4. The topological polar surface area (TPSA) is 104 Å². The van der Waals surface area contributed by atoms with Crippen molar-refractivity contribution in [1.29, 1.82) is 5.26 Å². The van der Waals surface area contributed by atoms with E-state index in [1.165, 1.54) is 0 Å². The molecule has 0 unspecified atom stereocenters. The Kier molecular flexibility index (Phi) is 4.21. The molecular formula is C17H13N5O2. The first-order valence-corrected chi connectivity index (χ1v) is 7.12. The Balaban J connectivity index is 1.66. The number of nitriles is 1. The predicted molar refractivity (Wildman–Crippen MR) is 87.9 cm³/mol. The fourth-order valence-corrected chi connectivity index (χ4v) is 2.00. The average Bonchev–Trinajstić information content (AvgIpc) is 3.01. The number of pyridine rings is 1. The largest absolute Gasteiger partial charge is 0.360 e. The fourth-order valence-electron chi connectivity index (χ4n) is 2.00. The third-order valence-electron chi connectivity index (χ3n) is 3.17. The highest BCUT2D eigenvalue weighted by molar-refractivity contribution is 6.02. The molecule has 3 aromatic rings. The van der Waals surface area contributed by atoms with Gasteiger partial charge in [-0.2, -0.15) is 5.26 Å². The summed E-state index contributed by atoms with van der Waals surface area (Å²) in [6.45, 7) is 1.74. The van der Waals surface area contributed by atoms with Crippen molar-refractivity contribution in [3.8, 4) is 6.07 Å². The molecule has 2 aromatic heterocycles. The second-order valence-electron chi connectivity index (χ2n) is 5.02. The van der Waals surface area contributed by atoms with E-state index in [1.807, 2.05) is 0 Å². The van der Waals surface area contributed by atoms with Crippen LogP contribution in [0.3, 0.4) is 0 Å². The highest BCUT2D eigenvalue weighted by atomic mass is 16.5. The third-order valence-corrected chi connectivity index (χ3v) is 3.17. The van der Waals surface area contributed by atoms with Crippen LogP contribution in [0.5, 0.6) is 0 Å². The number of hydrogen-bond donors (Lipinski definition) is 2. The summed E-state index contributed by atoms with van der Waals surface area (Å²) in [6.07, 6.45) is 1.56. The first kappa shape index (κ1) is 15.2. The number of aromatic nitrogens is 2. The van der Waals surface area contributed by atoms with Crippen LogP contribution in [0.1, 0.15) is 21.8 Å². The Hall–Kier alpha value is -3.66. The van der Waals surface area contributed by atoms with Crippen molar-refractivity contribution in [2.75, 3.05) is 10.6 Å². The van der Waals surface area contributed by atoms with Crippen LogP contribution in [0.4, 0.5) is 17.2 Å². The summed E-state index contributed by atoms with van der Waals surface area (Å²) in [5.41, 5.74) is 2.41. The van der Waals surface area contributed by atoms with Gasteiger partial charge in [0.15, 0.2) is 5.82 Å². The van der Waals surface area contributed by atoms with Crippen LogP contribution in [0.2, 0.25) is 0 Å². The van der Waals surface area contributed by atoms with E-state index in [4.69, 9.17) is 9.78 Å². The van der Waals surface area contributed by atoms with Gasteiger partial charge in [-0.15, -0.1) is 0 Å². The van der Waals surface area contributed by atoms with E-state index in [-0.39, 0.29) is 11.6 Å². The molecule has 2 N–H and O–H groups in total. The van der Waals surface area contributed by atoms with E-state index in [0.29, 0.717) is 17.1 Å². The molecular weight excluding hydrogens is 306 g/mol. The minimum Gasteiger partial charge on any atom is -0.360 e. The third kappa shape index (κ3) is 3.56. The second-order valence-corrected chi connectivity index (χ2v) is 5.02. The lowest BCUT2D eigenvalue weighted by molar-refractivity contribution is 0.102. The van der Waals surface area contributed by atoms with E-state index in [1.54, 1.807) is 55.6 Å². The van der Waals surface area contributed by atoms with E-state index in [0.717, 1.165) is 11.4 Å². The number of nitrogens with zero attached hydrogens (tertiary/aromatic N) is 3. The average molecular weight is 319 g/mol. The van der Waals surface area contributed by atoms with Crippen LogP contribution in [0.15, 0.2) is 53.2 Å². The zero-order valence-electron chi connectivity index (χ0n) is 12.8. The predicted octanol–water partition coefficient (Wildman–Crippen LogP) is 3.25. The monoisotopic (exact) mass is 319 g/mol. The van der Waals surface area contributed by atoms with Gasteiger partial charge in [-0.1, -0.05) is 5.16 Å². The number of nitrogens with one attached hydrogen (secondary N) is 2. The molecule has 0 bridgehead atoms. The van der Waals surface area contributed by atoms with E-state index in [9.17, 15) is 4.79 Å². The SMILES string of the molecule is Cc1cc(NC(=O)c2ccc(Nc3ccc(C#N)cc3)cn2)no1. The van der Waals surface area contributed by atoms with Gasteiger partial charge in [-0.25, -0.2) is 4.98 Å². The molecule has 0 radical (unpaired) electrons. The lowest BCUT2D eigenvalue weighted by atomic mass is 10.2. The maximum Gasteiger partial charge on any atom is 0.275 e. The smallest absolute Gasteiger partial charge is 0.275 e. The lowest BCUT2D eigenvalue weighted by Crippen LogP contribution is -2.13. The van der Waals surface area contributed by atoms with E-state index < -0.39 is 0 Å². The molecule has 0 aliphatic carbocycles. The second kappa shape index (κ2) is 6.62. The number of amides is 1. The summed E-state index contributed by atoms with van der Waals surface area (Å²) in [5, 5.41) is 18.2. The molecule has 1 amide bonds. The first-order chi connectivity index (χ1) is 11.6. The standard InChI is InChI=1S/C17H13N5O2/c1-11-8-16(22-24-11)21-17(23)15-7-6-14(10-19-15)20-13-4-2-12(9-18)3-5-13/h2-8,10,20H,1H3,(H,21,22,23). The van der Waals surface area contributed by atoms with Gasteiger partial charge in [0.2, 0.25) is 0 Å². The Labute approximate surface area is 137 Å². The molecule has 0 atom stereocenters. The number of aryl methyl sites for hydroxylation is 1. The summed E-state index contributed by atoms with van der Waals surface area (Å²) in [4.78, 5) is 16.2. The Bertz CT molecular complexity index is 892. The van der Waals surface area contributed by atoms with Gasteiger partial charge in [-0.05, 0) is 43.3 Å². The Morgan fingerprint density at radius 3 is 2.50 bits per heavy atom. The fraction of sp³-hybridized carbons (Fsp3) is 0.0588. The van der Waals surface area contributed by atoms with Crippen molar-refractivity contribution in [3.63, 3.8) is 0 Å². The summed E-state index contributed by atoms with van der Waals surface area (Å²) in [5.74, 6) is 0.590. The molecule has 2 heterocycles. The summed E-state index contributed by atoms with van der Waals surface area (Å²) >= 11 is 0. The normalized spacial score (nSPS) is 10.0. The van der Waals surface area contributed by atoms with Crippen molar-refractivity contribution >= 4 is 23.1 Å². The van der Waals surface area contributed by atoms with E-state index in [2.05, 4.69) is 26.8 Å². The summed E-state index contributed by atoms with van der Waals surface area (Å²) in [6, 6.07) is 14.1. The first-order valence-electron chi connectivity index (χ1n) is 7.12. The van der Waals surface area contributed by atoms with Crippen LogP contribution in [-0.2, 0) is 0 Å². The van der Waals surface area contributed by atoms with Crippen LogP contribution in [-0.4, -0.2) is 16.0 Å². The summed E-state index contributed by atoms with van der Waals surface area (Å²) < 4.78 is 4.89. The minimum atomic E-state index is -0.367. The lowest BCUT2D eigenvalue weighted by Gasteiger charge is -2.07. The minimum absolute atomic E-state index is 0.265. The zero-order chi connectivity index (χ0) is 16.9. The maximum absolute atomic E-state index is 12.1. The maximum atomic E-state index is 12.1. The molecule has 7 heteroatoms. The van der Waals surface area contributed by atoms with Crippen LogP contribution in [0, 0.1) is 18.3 Å². The molecule has 7 nitrogen and oxygen atoms in total. The van der Waals surface area contributed by atoms with Crippen molar-refractivity contribution in [1.82, 2.24) is 10.1 Å². The van der Waals surface area contributed by atoms with Crippen molar-refractivity contribution in [2.24, 2.45) is 0 Å². The molecule has 0 saturated heterocycles. The van der Waals surface area contributed by atoms with Crippen LogP contribution >= 0.6 is 0 Å². The molecule has 24 heavy (non-hydrogen) atoms. The van der Waals surface area contributed by atoms with Gasteiger partial charge in [0, 0.05) is 11.8 Å². The molecule has 0 fully saturated rings. The molecule has 0 aliphatic rings. The van der Waals surface area contributed by atoms with Crippen LogP contribution in [0.25, 0.3) is 0 Å². The van der Waals surface area contributed by atoms with Gasteiger partial charge in [-0.3, -0.25) is 4.79 Å². The van der Waals surface area contributed by atoms with Crippen molar-refractivity contribution in [3.05, 3.63) is 65.7 Å². The van der Waals surface area contributed by atoms with Gasteiger partial charge >= 0.3 is 0 Å². The van der Waals surface area contributed by atoms with Gasteiger partial charge in [0.25, 0.3) is 5.91 Å². The Morgan fingerprint density at radius 1 is 1.17 bits per heavy atom. The quantitative estimate of drug-likeness (QED) is 0.765. The molecule has 3 rings (SSSR count).